The molecule has 1 aromatic carbocycles. The molecule has 0 radical (unpaired) electrons. The number of ether oxygens (including phenoxy) is 1. The molecule has 19 heavy (non-hydrogen) atoms. The first-order chi connectivity index (χ1) is 9.04. The Hall–Kier alpha value is -1.85. The number of rotatable bonds is 7. The molecule has 0 heterocycles. The van der Waals surface area contributed by atoms with E-state index in [0.29, 0.717) is 17.9 Å². The lowest BCUT2D eigenvalue weighted by molar-refractivity contribution is -0.119. The number of aliphatic hydroxyl groups is 2. The van der Waals surface area contributed by atoms with Crippen molar-refractivity contribution in [1.29, 1.82) is 0 Å². The van der Waals surface area contributed by atoms with Gasteiger partial charge in [0.2, 0.25) is 5.91 Å². The molecule has 0 bridgehead atoms. The highest BCUT2D eigenvalue weighted by Crippen LogP contribution is 2.20. The van der Waals surface area contributed by atoms with Crippen LogP contribution < -0.4 is 10.1 Å². The summed E-state index contributed by atoms with van der Waals surface area (Å²) in [6, 6.07) is 6.74. The summed E-state index contributed by atoms with van der Waals surface area (Å²) in [6.45, 7) is 5.31. The van der Waals surface area contributed by atoms with Crippen LogP contribution in [0.5, 0.6) is 5.75 Å². The Bertz CT molecular complexity index is 416. The molecule has 2 atom stereocenters. The number of aliphatic hydroxyl groups excluding tert-OH is 2. The number of hydrogen-bond donors (Lipinski definition) is 3. The lowest BCUT2D eigenvalue weighted by Gasteiger charge is -2.18. The molecule has 0 aliphatic rings. The van der Waals surface area contributed by atoms with Crippen LogP contribution in [0.3, 0.4) is 0 Å². The molecule has 1 aromatic rings. The maximum absolute atomic E-state index is 10.7. The van der Waals surface area contributed by atoms with Crippen LogP contribution in [0.4, 0.5) is 0 Å². The van der Waals surface area contributed by atoms with E-state index in [4.69, 9.17) is 4.74 Å². The summed E-state index contributed by atoms with van der Waals surface area (Å²) in [4.78, 5) is 10.7. The van der Waals surface area contributed by atoms with Crippen LogP contribution in [0.1, 0.15) is 18.6 Å². The van der Waals surface area contributed by atoms with Crippen molar-refractivity contribution in [3.05, 3.63) is 42.5 Å². The summed E-state index contributed by atoms with van der Waals surface area (Å²) in [6.07, 6.45) is -0.468. The van der Waals surface area contributed by atoms with Crippen molar-refractivity contribution in [2.75, 3.05) is 13.2 Å². The Labute approximate surface area is 112 Å². The lowest BCUT2D eigenvalue weighted by atomic mass is 10.0. The Kier molecular flexibility index (Phi) is 6.05. The lowest BCUT2D eigenvalue weighted by Crippen LogP contribution is -2.34. The molecule has 3 N–H and O–H groups in total. The van der Waals surface area contributed by atoms with Crippen molar-refractivity contribution in [2.24, 2.45) is 0 Å². The predicted octanol–water partition coefficient (Wildman–Crippen LogP) is 0.782. The standard InChI is InChI=1S/C14H19NO4/c1-3-8-19-12-6-4-11(5-7-12)14(18)13(17)9-15-10(2)16/h3-7,13-14,17-18H,1,8-9H2,2H3,(H,15,16). The van der Waals surface area contributed by atoms with Crippen LogP contribution >= 0.6 is 0 Å². The fraction of sp³-hybridized carbons (Fsp3) is 0.357. The monoisotopic (exact) mass is 265 g/mol. The van der Waals surface area contributed by atoms with Crippen LogP contribution in [-0.4, -0.2) is 35.4 Å². The van der Waals surface area contributed by atoms with Gasteiger partial charge in [0.15, 0.2) is 0 Å². The first-order valence-electron chi connectivity index (χ1n) is 5.98. The van der Waals surface area contributed by atoms with Gasteiger partial charge in [0, 0.05) is 13.5 Å². The maximum atomic E-state index is 10.7. The van der Waals surface area contributed by atoms with E-state index in [9.17, 15) is 15.0 Å². The molecule has 0 aromatic heterocycles. The molecular weight excluding hydrogens is 246 g/mol. The van der Waals surface area contributed by atoms with Gasteiger partial charge in [-0.15, -0.1) is 0 Å². The van der Waals surface area contributed by atoms with Gasteiger partial charge in [-0.25, -0.2) is 0 Å². The van der Waals surface area contributed by atoms with Crippen LogP contribution in [0.2, 0.25) is 0 Å². The zero-order valence-electron chi connectivity index (χ0n) is 10.9. The molecule has 0 saturated carbocycles. The number of carbonyl (C=O) groups is 1. The topological polar surface area (TPSA) is 78.8 Å². The van der Waals surface area contributed by atoms with E-state index < -0.39 is 12.2 Å². The van der Waals surface area contributed by atoms with E-state index in [0.717, 1.165) is 0 Å². The highest BCUT2D eigenvalue weighted by molar-refractivity contribution is 5.72. The summed E-state index contributed by atoms with van der Waals surface area (Å²) in [7, 11) is 0. The van der Waals surface area contributed by atoms with Crippen molar-refractivity contribution in [3.8, 4) is 5.75 Å². The van der Waals surface area contributed by atoms with E-state index in [1.807, 2.05) is 0 Å². The Balaban J connectivity index is 2.58. The van der Waals surface area contributed by atoms with Crippen LogP contribution in [0.25, 0.3) is 0 Å². The smallest absolute Gasteiger partial charge is 0.216 e. The first-order valence-corrected chi connectivity index (χ1v) is 5.98. The van der Waals surface area contributed by atoms with E-state index >= 15 is 0 Å². The number of nitrogens with one attached hydrogen (secondary N) is 1. The normalized spacial score (nSPS) is 13.4. The Morgan fingerprint density at radius 2 is 2.05 bits per heavy atom. The van der Waals surface area contributed by atoms with Crippen LogP contribution in [-0.2, 0) is 4.79 Å². The molecule has 5 nitrogen and oxygen atoms in total. The molecule has 104 valence electrons. The molecular formula is C14H19NO4. The van der Waals surface area contributed by atoms with Crippen LogP contribution in [0.15, 0.2) is 36.9 Å². The minimum atomic E-state index is -1.06. The Morgan fingerprint density at radius 3 is 2.58 bits per heavy atom. The molecule has 1 amide bonds. The van der Waals surface area contributed by atoms with Gasteiger partial charge in [-0.05, 0) is 17.7 Å². The molecule has 0 saturated heterocycles. The second-order valence-corrected chi connectivity index (χ2v) is 4.12. The molecule has 5 heteroatoms. The second kappa shape index (κ2) is 7.56. The predicted molar refractivity (Wildman–Crippen MR) is 71.8 cm³/mol. The van der Waals surface area contributed by atoms with Gasteiger partial charge in [-0.1, -0.05) is 24.8 Å². The molecule has 2 unspecified atom stereocenters. The number of benzene rings is 1. The zero-order valence-corrected chi connectivity index (χ0v) is 10.9. The summed E-state index contributed by atoms with van der Waals surface area (Å²) in [5.74, 6) is 0.409. The van der Waals surface area contributed by atoms with Gasteiger partial charge < -0.3 is 20.3 Å². The third-order valence-corrected chi connectivity index (χ3v) is 2.51. The molecule has 0 spiro atoms. The summed E-state index contributed by atoms with van der Waals surface area (Å²) in [5.41, 5.74) is 0.559. The fourth-order valence-corrected chi connectivity index (χ4v) is 1.50. The average Bonchev–Trinajstić information content (AvgIpc) is 2.42. The van der Waals surface area contributed by atoms with Crippen molar-refractivity contribution in [2.45, 2.75) is 19.1 Å². The third kappa shape index (κ3) is 5.11. The number of hydrogen-bond acceptors (Lipinski definition) is 4. The van der Waals surface area contributed by atoms with E-state index in [2.05, 4.69) is 11.9 Å². The largest absolute Gasteiger partial charge is 0.490 e. The van der Waals surface area contributed by atoms with E-state index in [-0.39, 0.29) is 12.5 Å². The number of amides is 1. The van der Waals surface area contributed by atoms with Crippen molar-refractivity contribution in [3.63, 3.8) is 0 Å². The van der Waals surface area contributed by atoms with Gasteiger partial charge in [0.05, 0.1) is 0 Å². The van der Waals surface area contributed by atoms with Crippen LogP contribution in [0, 0.1) is 0 Å². The molecule has 1 rings (SSSR count). The van der Waals surface area contributed by atoms with Gasteiger partial charge in [0.25, 0.3) is 0 Å². The Morgan fingerprint density at radius 1 is 1.42 bits per heavy atom. The summed E-state index contributed by atoms with van der Waals surface area (Å²) < 4.78 is 5.31. The average molecular weight is 265 g/mol. The number of carbonyl (C=O) groups excluding carboxylic acids is 1. The molecule has 0 aliphatic heterocycles. The zero-order chi connectivity index (χ0) is 14.3. The highest BCUT2D eigenvalue weighted by atomic mass is 16.5. The quantitative estimate of drug-likeness (QED) is 0.637. The van der Waals surface area contributed by atoms with Crippen molar-refractivity contribution >= 4 is 5.91 Å². The van der Waals surface area contributed by atoms with Crippen molar-refractivity contribution in [1.82, 2.24) is 5.32 Å². The summed E-state index contributed by atoms with van der Waals surface area (Å²) >= 11 is 0. The SMILES string of the molecule is C=CCOc1ccc(C(O)C(O)CNC(C)=O)cc1. The fourth-order valence-electron chi connectivity index (χ4n) is 1.50. The van der Waals surface area contributed by atoms with Gasteiger partial charge >= 0.3 is 0 Å². The maximum Gasteiger partial charge on any atom is 0.216 e. The van der Waals surface area contributed by atoms with Gasteiger partial charge in [0.1, 0.15) is 24.6 Å². The third-order valence-electron chi connectivity index (χ3n) is 2.51. The molecule has 0 aliphatic carbocycles. The van der Waals surface area contributed by atoms with Gasteiger partial charge in [-0.3, -0.25) is 4.79 Å². The van der Waals surface area contributed by atoms with E-state index in [1.54, 1.807) is 30.3 Å². The van der Waals surface area contributed by atoms with E-state index in [1.165, 1.54) is 6.92 Å². The molecule has 0 fully saturated rings. The highest BCUT2D eigenvalue weighted by Gasteiger charge is 2.18. The van der Waals surface area contributed by atoms with Gasteiger partial charge in [-0.2, -0.15) is 0 Å². The second-order valence-electron chi connectivity index (χ2n) is 4.12. The van der Waals surface area contributed by atoms with Crippen molar-refractivity contribution < 1.29 is 19.7 Å². The minimum Gasteiger partial charge on any atom is -0.490 e. The summed E-state index contributed by atoms with van der Waals surface area (Å²) in [5, 5.41) is 22.1. The first kappa shape index (κ1) is 15.2. The minimum absolute atomic E-state index is 0.00517.